The van der Waals surface area contributed by atoms with Crippen LogP contribution in [0.15, 0.2) is 97.1 Å². The SMILES string of the molecule is Nc1ccccc1NC(=O)CCCCC(=O)NCc1ccccc1-c1ccc(C2OC(CN3CCC(O)C3)CC(c3ccc(CO)cc3)O2)cc1. The van der Waals surface area contributed by atoms with Crippen molar-refractivity contribution in [3.05, 3.63) is 119 Å². The molecule has 0 bridgehead atoms. The predicted octanol–water partition coefficient (Wildman–Crippen LogP) is 5.86. The van der Waals surface area contributed by atoms with Crippen LogP contribution in [0.1, 0.15) is 73.2 Å². The van der Waals surface area contributed by atoms with Gasteiger partial charge < -0.3 is 36.1 Å². The fraction of sp³-hybridized carbons (Fsp3) is 0.366. The standard InChI is InChI=1S/C41H48N4O6/c42-36-9-3-4-10-37(36)44-40(49)12-6-5-11-39(48)43-24-32-7-1-2-8-35(32)29-17-19-31(20-18-29)41-50-34(26-45-22-21-33(47)25-45)23-38(51-41)30-15-13-28(27-46)14-16-30/h1-4,7-10,13-20,33-34,38,41,46-47H,5-6,11-12,21-27,42H2,(H,43,48)(H,44,49). The van der Waals surface area contributed by atoms with E-state index in [-0.39, 0.29) is 36.7 Å². The summed E-state index contributed by atoms with van der Waals surface area (Å²) in [5.74, 6) is -0.177. The third kappa shape index (κ3) is 10.0. The first-order valence-electron chi connectivity index (χ1n) is 17.8. The first kappa shape index (κ1) is 36.2. The number of para-hydroxylation sites is 2. The van der Waals surface area contributed by atoms with E-state index in [0.29, 0.717) is 56.6 Å². The van der Waals surface area contributed by atoms with Gasteiger partial charge in [-0.3, -0.25) is 14.5 Å². The van der Waals surface area contributed by atoms with Gasteiger partial charge in [-0.2, -0.15) is 0 Å². The van der Waals surface area contributed by atoms with E-state index >= 15 is 0 Å². The Morgan fingerprint density at radius 2 is 1.55 bits per heavy atom. The zero-order valence-corrected chi connectivity index (χ0v) is 28.9. The van der Waals surface area contributed by atoms with Gasteiger partial charge in [-0.15, -0.1) is 0 Å². The third-order valence-corrected chi connectivity index (χ3v) is 9.60. The zero-order chi connectivity index (χ0) is 35.6. The molecule has 2 saturated heterocycles. The quantitative estimate of drug-likeness (QED) is 0.0817. The highest BCUT2D eigenvalue weighted by Crippen LogP contribution is 2.39. The Balaban J connectivity index is 1.04. The van der Waals surface area contributed by atoms with Gasteiger partial charge in [0.1, 0.15) is 0 Å². The summed E-state index contributed by atoms with van der Waals surface area (Å²) in [6, 6.07) is 31.2. The number of rotatable bonds is 14. The number of hydrogen-bond donors (Lipinski definition) is 5. The number of carbonyl (C=O) groups is 2. The van der Waals surface area contributed by atoms with E-state index in [1.807, 2.05) is 66.7 Å². The molecule has 2 heterocycles. The Morgan fingerprint density at radius 1 is 0.843 bits per heavy atom. The Bertz CT molecular complexity index is 1750. The van der Waals surface area contributed by atoms with Crippen LogP contribution in [-0.4, -0.2) is 58.8 Å². The zero-order valence-electron chi connectivity index (χ0n) is 28.9. The first-order valence-corrected chi connectivity index (χ1v) is 17.8. The number of nitrogens with zero attached hydrogens (tertiary/aromatic N) is 1. The number of unbranched alkanes of at least 4 members (excludes halogenated alkanes) is 1. The lowest BCUT2D eigenvalue weighted by molar-refractivity contribution is -0.252. The van der Waals surface area contributed by atoms with Crippen LogP contribution in [0.5, 0.6) is 0 Å². The fourth-order valence-corrected chi connectivity index (χ4v) is 6.75. The third-order valence-electron chi connectivity index (χ3n) is 9.60. The molecule has 0 aromatic heterocycles. The molecule has 6 N–H and O–H groups in total. The van der Waals surface area contributed by atoms with Crippen molar-refractivity contribution < 1.29 is 29.3 Å². The van der Waals surface area contributed by atoms with Crippen molar-refractivity contribution in [3.63, 3.8) is 0 Å². The van der Waals surface area contributed by atoms with Crippen LogP contribution >= 0.6 is 0 Å². The number of likely N-dealkylation sites (tertiary alicyclic amines) is 1. The molecule has 0 saturated carbocycles. The molecule has 10 heteroatoms. The second-order valence-electron chi connectivity index (χ2n) is 13.5. The van der Waals surface area contributed by atoms with E-state index in [0.717, 1.165) is 52.9 Å². The Morgan fingerprint density at radius 3 is 2.27 bits per heavy atom. The average molecular weight is 693 g/mol. The largest absolute Gasteiger partial charge is 0.397 e. The van der Waals surface area contributed by atoms with Crippen LogP contribution in [-0.2, 0) is 32.2 Å². The van der Waals surface area contributed by atoms with Crippen molar-refractivity contribution in [1.29, 1.82) is 0 Å². The van der Waals surface area contributed by atoms with Crippen molar-refractivity contribution in [2.75, 3.05) is 30.7 Å². The Labute approximate surface area is 299 Å². The number of hydrogen-bond acceptors (Lipinski definition) is 8. The summed E-state index contributed by atoms with van der Waals surface area (Å²) in [5.41, 5.74) is 12.9. The van der Waals surface area contributed by atoms with E-state index in [1.165, 1.54) is 0 Å². The highest BCUT2D eigenvalue weighted by molar-refractivity contribution is 5.93. The maximum Gasteiger partial charge on any atom is 0.224 e. The minimum Gasteiger partial charge on any atom is -0.397 e. The van der Waals surface area contributed by atoms with E-state index in [4.69, 9.17) is 15.2 Å². The number of β-amino-alcohol motifs (C(OH)–C–C–N with tert-alkyl or cyclic N) is 1. The van der Waals surface area contributed by atoms with Crippen LogP contribution in [0.25, 0.3) is 11.1 Å². The minimum absolute atomic E-state index is 0.00666. The smallest absolute Gasteiger partial charge is 0.224 e. The second-order valence-corrected chi connectivity index (χ2v) is 13.5. The molecule has 268 valence electrons. The van der Waals surface area contributed by atoms with Crippen LogP contribution < -0.4 is 16.4 Å². The van der Waals surface area contributed by atoms with Crippen LogP contribution in [0.2, 0.25) is 0 Å². The predicted molar refractivity (Wildman–Crippen MR) is 197 cm³/mol. The molecule has 2 fully saturated rings. The topological polar surface area (TPSA) is 146 Å². The van der Waals surface area contributed by atoms with Gasteiger partial charge in [0.25, 0.3) is 0 Å². The number of aliphatic hydroxyl groups is 2. The van der Waals surface area contributed by atoms with Crippen LogP contribution in [0, 0.1) is 0 Å². The second kappa shape index (κ2) is 17.6. The summed E-state index contributed by atoms with van der Waals surface area (Å²) in [6.07, 6.45) is 2.22. The monoisotopic (exact) mass is 692 g/mol. The molecular formula is C41H48N4O6. The van der Waals surface area contributed by atoms with Gasteiger partial charge in [-0.05, 0) is 59.2 Å². The highest BCUT2D eigenvalue weighted by Gasteiger charge is 2.34. The maximum atomic E-state index is 12.7. The lowest BCUT2D eigenvalue weighted by Crippen LogP contribution is -2.38. The molecule has 10 nitrogen and oxygen atoms in total. The average Bonchev–Trinajstić information content (AvgIpc) is 3.57. The number of ether oxygens (including phenoxy) is 2. The number of carbonyl (C=O) groups excluding carboxylic acids is 2. The summed E-state index contributed by atoms with van der Waals surface area (Å²) in [4.78, 5) is 27.2. The van der Waals surface area contributed by atoms with Gasteiger partial charge in [-0.1, -0.05) is 84.9 Å². The van der Waals surface area contributed by atoms with E-state index < -0.39 is 6.29 Å². The molecule has 0 aliphatic carbocycles. The number of amides is 2. The molecule has 6 rings (SSSR count). The first-order chi connectivity index (χ1) is 24.8. The van der Waals surface area contributed by atoms with E-state index in [9.17, 15) is 19.8 Å². The Hall–Kier alpha value is -4.58. The number of aliphatic hydroxyl groups excluding tert-OH is 2. The molecule has 0 spiro atoms. The number of benzene rings is 4. The lowest BCUT2D eigenvalue weighted by Gasteiger charge is -2.38. The number of nitrogen functional groups attached to an aromatic ring is 1. The van der Waals surface area contributed by atoms with E-state index in [1.54, 1.807) is 12.1 Å². The lowest BCUT2D eigenvalue weighted by atomic mass is 9.97. The summed E-state index contributed by atoms with van der Waals surface area (Å²) in [6.45, 7) is 2.61. The van der Waals surface area contributed by atoms with Gasteiger partial charge in [0, 0.05) is 51.0 Å². The number of anilines is 2. The normalized spacial score (nSPS) is 20.6. The summed E-state index contributed by atoms with van der Waals surface area (Å²) in [5, 5.41) is 25.5. The van der Waals surface area contributed by atoms with Crippen molar-refractivity contribution >= 4 is 23.2 Å². The van der Waals surface area contributed by atoms with E-state index in [2.05, 4.69) is 33.7 Å². The van der Waals surface area contributed by atoms with Gasteiger partial charge in [0.15, 0.2) is 6.29 Å². The van der Waals surface area contributed by atoms with Gasteiger partial charge in [0.2, 0.25) is 11.8 Å². The van der Waals surface area contributed by atoms with Gasteiger partial charge >= 0.3 is 0 Å². The van der Waals surface area contributed by atoms with Gasteiger partial charge in [0.05, 0.1) is 36.3 Å². The maximum absolute atomic E-state index is 12.7. The molecular weight excluding hydrogens is 644 g/mol. The summed E-state index contributed by atoms with van der Waals surface area (Å²) in [7, 11) is 0. The van der Waals surface area contributed by atoms with Crippen molar-refractivity contribution in [3.8, 4) is 11.1 Å². The fourth-order valence-electron chi connectivity index (χ4n) is 6.75. The highest BCUT2D eigenvalue weighted by atomic mass is 16.7. The van der Waals surface area contributed by atoms with Crippen molar-refractivity contribution in [1.82, 2.24) is 10.2 Å². The van der Waals surface area contributed by atoms with Crippen molar-refractivity contribution in [2.45, 2.75) is 76.3 Å². The molecule has 4 atom stereocenters. The molecule has 4 unspecified atom stereocenters. The molecule has 4 aromatic rings. The number of nitrogens with two attached hydrogens (primary N) is 1. The molecule has 4 aromatic carbocycles. The molecule has 0 radical (unpaired) electrons. The summed E-state index contributed by atoms with van der Waals surface area (Å²) >= 11 is 0. The number of nitrogens with one attached hydrogen (secondary N) is 2. The molecule has 2 aliphatic heterocycles. The Kier molecular flexibility index (Phi) is 12.5. The molecule has 51 heavy (non-hydrogen) atoms. The molecule has 2 aliphatic rings. The minimum atomic E-state index is -0.565. The molecule has 2 amide bonds. The van der Waals surface area contributed by atoms with Crippen LogP contribution in [0.3, 0.4) is 0 Å². The van der Waals surface area contributed by atoms with Crippen LogP contribution in [0.4, 0.5) is 11.4 Å². The summed E-state index contributed by atoms with van der Waals surface area (Å²) < 4.78 is 13.1. The van der Waals surface area contributed by atoms with Gasteiger partial charge in [-0.25, -0.2) is 0 Å². The van der Waals surface area contributed by atoms with Crippen molar-refractivity contribution in [2.24, 2.45) is 0 Å².